The van der Waals surface area contributed by atoms with Gasteiger partial charge in [0.1, 0.15) is 17.5 Å². The second kappa shape index (κ2) is 5.53. The Morgan fingerprint density at radius 3 is 2.64 bits per heavy atom. The van der Waals surface area contributed by atoms with E-state index in [9.17, 15) is 20.5 Å². The number of benzene rings is 1. The lowest BCUT2D eigenvalue weighted by atomic mass is 10.0. The highest BCUT2D eigenvalue weighted by molar-refractivity contribution is 5.80. The van der Waals surface area contributed by atoms with Crippen molar-refractivity contribution < 1.29 is 10.0 Å². The number of nitriles is 1. The summed E-state index contributed by atoms with van der Waals surface area (Å²) < 4.78 is 0. The molecule has 0 spiro atoms. The maximum atomic E-state index is 11.1. The summed E-state index contributed by atoms with van der Waals surface area (Å²) in [5.74, 6) is -0.958. The zero-order valence-corrected chi connectivity index (χ0v) is 11.6. The molecule has 0 atom stereocenters. The fourth-order valence-corrected chi connectivity index (χ4v) is 2.00. The zero-order valence-electron chi connectivity index (χ0n) is 11.6. The molecule has 0 saturated heterocycles. The van der Waals surface area contributed by atoms with Crippen LogP contribution in [0.4, 0.5) is 17.5 Å². The van der Waals surface area contributed by atoms with Crippen LogP contribution in [0.3, 0.4) is 0 Å². The fraction of sp³-hybridized carbons (Fsp3) is 0.154. The van der Waals surface area contributed by atoms with Crippen LogP contribution in [0.5, 0.6) is 5.75 Å². The maximum Gasteiger partial charge on any atom is 0.311 e. The number of nitro benzene ring substituents is 1. The molecular formula is C13H12N6O3. The predicted molar refractivity (Wildman–Crippen MR) is 78.7 cm³/mol. The molecule has 0 amide bonds. The summed E-state index contributed by atoms with van der Waals surface area (Å²) in [6.07, 6.45) is 0.492. The van der Waals surface area contributed by atoms with E-state index < -0.39 is 16.4 Å². The summed E-state index contributed by atoms with van der Waals surface area (Å²) in [5, 5.41) is 30.4. The number of nitrogens with zero attached hydrogens (tertiary/aromatic N) is 4. The first-order valence-electron chi connectivity index (χ1n) is 6.22. The summed E-state index contributed by atoms with van der Waals surface area (Å²) in [4.78, 5) is 17.9. The van der Waals surface area contributed by atoms with Gasteiger partial charge < -0.3 is 16.6 Å². The SMILES string of the molecule is CCc1cc(-c2nc(N)nc(N)c2C#N)c(O)c([N+](=O)[O-])c1. The minimum absolute atomic E-state index is 0.0170. The molecule has 0 aliphatic heterocycles. The first-order valence-corrected chi connectivity index (χ1v) is 6.22. The van der Waals surface area contributed by atoms with Gasteiger partial charge in [-0.05, 0) is 18.1 Å². The lowest BCUT2D eigenvalue weighted by Gasteiger charge is -2.10. The number of phenols is 1. The molecule has 5 N–H and O–H groups in total. The Kier molecular flexibility index (Phi) is 3.77. The second-order valence-electron chi connectivity index (χ2n) is 4.42. The van der Waals surface area contributed by atoms with E-state index in [0.29, 0.717) is 12.0 Å². The summed E-state index contributed by atoms with van der Waals surface area (Å²) >= 11 is 0. The number of anilines is 2. The molecule has 0 aliphatic rings. The molecule has 2 rings (SSSR count). The van der Waals surface area contributed by atoms with Crippen LogP contribution in [-0.2, 0) is 6.42 Å². The number of aryl methyl sites for hydroxylation is 1. The van der Waals surface area contributed by atoms with Crippen molar-refractivity contribution >= 4 is 17.5 Å². The number of nitrogen functional groups attached to an aromatic ring is 2. The van der Waals surface area contributed by atoms with Crippen LogP contribution in [0.2, 0.25) is 0 Å². The van der Waals surface area contributed by atoms with Crippen molar-refractivity contribution in [1.29, 1.82) is 5.26 Å². The average Bonchev–Trinajstić information content (AvgIpc) is 2.46. The van der Waals surface area contributed by atoms with Crippen molar-refractivity contribution in [3.05, 3.63) is 33.4 Å². The lowest BCUT2D eigenvalue weighted by molar-refractivity contribution is -0.385. The highest BCUT2D eigenvalue weighted by Crippen LogP contribution is 2.39. The van der Waals surface area contributed by atoms with Gasteiger partial charge in [-0.25, -0.2) is 4.98 Å². The van der Waals surface area contributed by atoms with Gasteiger partial charge in [0, 0.05) is 6.07 Å². The quantitative estimate of drug-likeness (QED) is 0.564. The number of hydrogen-bond donors (Lipinski definition) is 3. The predicted octanol–water partition coefficient (Wildman–Crippen LogP) is 1.36. The van der Waals surface area contributed by atoms with E-state index >= 15 is 0 Å². The minimum atomic E-state index is -0.710. The standard InChI is InChI=1S/C13H12N6O3/c1-2-6-3-7(11(20)9(4-6)19(21)22)10-8(5-14)12(15)18-13(16)17-10/h3-4,20H,2H2,1H3,(H4,15,16,17,18). The van der Waals surface area contributed by atoms with Gasteiger partial charge in [0.15, 0.2) is 0 Å². The lowest BCUT2D eigenvalue weighted by Crippen LogP contribution is -2.05. The Morgan fingerprint density at radius 2 is 2.09 bits per heavy atom. The molecule has 9 heteroatoms. The van der Waals surface area contributed by atoms with Crippen LogP contribution in [0.25, 0.3) is 11.3 Å². The molecule has 0 fully saturated rings. The van der Waals surface area contributed by atoms with Gasteiger partial charge in [-0.3, -0.25) is 10.1 Å². The van der Waals surface area contributed by atoms with E-state index in [4.69, 9.17) is 11.5 Å². The Bertz CT molecular complexity index is 812. The molecule has 0 unspecified atom stereocenters. The van der Waals surface area contributed by atoms with Crippen molar-refractivity contribution in [1.82, 2.24) is 9.97 Å². The summed E-state index contributed by atoms with van der Waals surface area (Å²) in [7, 11) is 0. The molecule has 9 nitrogen and oxygen atoms in total. The van der Waals surface area contributed by atoms with Crippen molar-refractivity contribution in [2.45, 2.75) is 13.3 Å². The molecule has 0 radical (unpaired) electrons. The zero-order chi connectivity index (χ0) is 16.4. The average molecular weight is 300 g/mol. The number of nitro groups is 1. The molecule has 22 heavy (non-hydrogen) atoms. The molecule has 0 aliphatic carbocycles. The monoisotopic (exact) mass is 300 g/mol. The van der Waals surface area contributed by atoms with Crippen molar-refractivity contribution in [3.8, 4) is 23.1 Å². The molecule has 1 aromatic carbocycles. The Hall–Kier alpha value is -3.41. The van der Waals surface area contributed by atoms with E-state index in [2.05, 4.69) is 9.97 Å². The summed E-state index contributed by atoms with van der Waals surface area (Å²) in [5.41, 5.74) is 11.1. The van der Waals surface area contributed by atoms with Gasteiger partial charge in [0.05, 0.1) is 16.2 Å². The van der Waals surface area contributed by atoms with E-state index in [-0.39, 0.29) is 28.6 Å². The van der Waals surface area contributed by atoms with Gasteiger partial charge in [-0.2, -0.15) is 10.2 Å². The van der Waals surface area contributed by atoms with Gasteiger partial charge in [0.25, 0.3) is 0 Å². The first-order chi connectivity index (χ1) is 10.4. The largest absolute Gasteiger partial charge is 0.502 e. The first kappa shape index (κ1) is 15.0. The van der Waals surface area contributed by atoms with E-state index in [1.165, 1.54) is 12.1 Å². The van der Waals surface area contributed by atoms with Gasteiger partial charge >= 0.3 is 5.69 Å². The van der Waals surface area contributed by atoms with Gasteiger partial charge in [-0.1, -0.05) is 6.92 Å². The molecule has 1 aromatic heterocycles. The third kappa shape index (κ3) is 2.45. The molecule has 2 aromatic rings. The third-order valence-electron chi connectivity index (χ3n) is 3.08. The normalized spacial score (nSPS) is 10.2. The highest BCUT2D eigenvalue weighted by atomic mass is 16.6. The summed E-state index contributed by atoms with van der Waals surface area (Å²) in [6.45, 7) is 1.80. The van der Waals surface area contributed by atoms with Crippen molar-refractivity contribution in [2.75, 3.05) is 11.5 Å². The number of aromatic hydroxyl groups is 1. The molecular weight excluding hydrogens is 288 g/mol. The maximum absolute atomic E-state index is 11.1. The highest BCUT2D eigenvalue weighted by Gasteiger charge is 2.24. The Labute approximate surface area is 125 Å². The molecule has 0 saturated carbocycles. The van der Waals surface area contributed by atoms with Crippen LogP contribution in [0, 0.1) is 21.4 Å². The van der Waals surface area contributed by atoms with E-state index in [1.54, 1.807) is 6.92 Å². The topological polar surface area (TPSA) is 165 Å². The number of aromatic nitrogens is 2. The number of phenolic OH excluding ortho intramolecular Hbond substituents is 1. The smallest absolute Gasteiger partial charge is 0.311 e. The Balaban J connectivity index is 2.86. The van der Waals surface area contributed by atoms with Crippen LogP contribution in [0.1, 0.15) is 18.1 Å². The van der Waals surface area contributed by atoms with Crippen LogP contribution >= 0.6 is 0 Å². The van der Waals surface area contributed by atoms with Crippen molar-refractivity contribution in [2.24, 2.45) is 0 Å². The molecule has 112 valence electrons. The van der Waals surface area contributed by atoms with Crippen LogP contribution < -0.4 is 11.5 Å². The third-order valence-corrected chi connectivity index (χ3v) is 3.08. The number of nitrogens with two attached hydrogens (primary N) is 2. The fourth-order valence-electron chi connectivity index (χ4n) is 2.00. The van der Waals surface area contributed by atoms with Gasteiger partial charge in [0.2, 0.25) is 11.7 Å². The van der Waals surface area contributed by atoms with E-state index in [1.807, 2.05) is 6.07 Å². The number of rotatable bonds is 3. The van der Waals surface area contributed by atoms with E-state index in [0.717, 1.165) is 0 Å². The second-order valence-corrected chi connectivity index (χ2v) is 4.42. The Morgan fingerprint density at radius 1 is 1.41 bits per heavy atom. The van der Waals surface area contributed by atoms with Gasteiger partial charge in [-0.15, -0.1) is 0 Å². The van der Waals surface area contributed by atoms with Crippen molar-refractivity contribution in [3.63, 3.8) is 0 Å². The van der Waals surface area contributed by atoms with Crippen LogP contribution in [-0.4, -0.2) is 20.0 Å². The minimum Gasteiger partial charge on any atom is -0.502 e. The van der Waals surface area contributed by atoms with Crippen LogP contribution in [0.15, 0.2) is 12.1 Å². The molecule has 0 bridgehead atoms. The summed E-state index contributed by atoms with van der Waals surface area (Å²) in [6, 6.07) is 4.58. The number of hydrogen-bond acceptors (Lipinski definition) is 8. The molecule has 1 heterocycles.